The number of halogens is 1. The zero-order valence-electron chi connectivity index (χ0n) is 10.8. The van der Waals surface area contributed by atoms with Gasteiger partial charge in [-0.15, -0.1) is 0 Å². The lowest BCUT2D eigenvalue weighted by Gasteiger charge is -2.19. The van der Waals surface area contributed by atoms with Gasteiger partial charge in [-0.1, -0.05) is 56.3 Å². The molecule has 1 rings (SSSR count). The lowest BCUT2D eigenvalue weighted by molar-refractivity contribution is 0.480. The van der Waals surface area contributed by atoms with Crippen LogP contribution in [0.2, 0.25) is 5.02 Å². The summed E-state index contributed by atoms with van der Waals surface area (Å²) in [4.78, 5) is 0. The van der Waals surface area contributed by atoms with Gasteiger partial charge < -0.3 is 0 Å². The van der Waals surface area contributed by atoms with Gasteiger partial charge in [0.15, 0.2) is 0 Å². The number of hydrogen-bond donors (Lipinski definition) is 2. The molecular formula is C14H23ClN2. The van der Waals surface area contributed by atoms with E-state index in [-0.39, 0.29) is 6.04 Å². The van der Waals surface area contributed by atoms with Gasteiger partial charge in [-0.2, -0.15) is 0 Å². The molecule has 1 aromatic rings. The molecule has 0 aliphatic heterocycles. The van der Waals surface area contributed by atoms with E-state index in [4.69, 9.17) is 17.4 Å². The molecule has 0 saturated carbocycles. The van der Waals surface area contributed by atoms with Crippen LogP contribution in [-0.2, 0) is 0 Å². The second kappa shape index (κ2) is 7.70. The third-order valence-corrected chi connectivity index (χ3v) is 3.64. The van der Waals surface area contributed by atoms with Crippen LogP contribution in [0.3, 0.4) is 0 Å². The predicted octanol–water partition coefficient (Wildman–Crippen LogP) is 4.12. The predicted molar refractivity (Wildman–Crippen MR) is 75.0 cm³/mol. The Morgan fingerprint density at radius 1 is 1.29 bits per heavy atom. The standard InChI is InChI=1S/C14H23ClN2/c1-3-4-5-6-10-14(17-16)12-8-7-9-13(15)11(12)2/h7-9,14,17H,3-6,10,16H2,1-2H3. The van der Waals surface area contributed by atoms with Gasteiger partial charge in [-0.3, -0.25) is 11.3 Å². The normalized spacial score (nSPS) is 12.7. The molecule has 3 heteroatoms. The first-order valence-electron chi connectivity index (χ1n) is 6.41. The van der Waals surface area contributed by atoms with Crippen LogP contribution >= 0.6 is 11.6 Å². The zero-order valence-corrected chi connectivity index (χ0v) is 11.6. The average molecular weight is 255 g/mol. The summed E-state index contributed by atoms with van der Waals surface area (Å²) in [5, 5.41) is 0.816. The van der Waals surface area contributed by atoms with E-state index in [0.29, 0.717) is 0 Å². The van der Waals surface area contributed by atoms with E-state index in [1.807, 2.05) is 19.1 Å². The van der Waals surface area contributed by atoms with Gasteiger partial charge >= 0.3 is 0 Å². The minimum Gasteiger partial charge on any atom is -0.271 e. The van der Waals surface area contributed by atoms with Crippen molar-refractivity contribution >= 4 is 11.6 Å². The van der Waals surface area contributed by atoms with E-state index < -0.39 is 0 Å². The van der Waals surface area contributed by atoms with Gasteiger partial charge in [0.1, 0.15) is 0 Å². The van der Waals surface area contributed by atoms with Gasteiger partial charge in [-0.05, 0) is 30.5 Å². The molecule has 0 amide bonds. The van der Waals surface area contributed by atoms with Crippen molar-refractivity contribution in [3.8, 4) is 0 Å². The molecule has 0 fully saturated rings. The molecule has 1 atom stereocenters. The van der Waals surface area contributed by atoms with Crippen LogP contribution < -0.4 is 11.3 Å². The van der Waals surface area contributed by atoms with Gasteiger partial charge in [0.25, 0.3) is 0 Å². The summed E-state index contributed by atoms with van der Waals surface area (Å²) < 4.78 is 0. The van der Waals surface area contributed by atoms with E-state index in [9.17, 15) is 0 Å². The molecule has 17 heavy (non-hydrogen) atoms. The van der Waals surface area contributed by atoms with Crippen molar-refractivity contribution in [1.82, 2.24) is 5.43 Å². The summed E-state index contributed by atoms with van der Waals surface area (Å²) in [5.41, 5.74) is 5.26. The molecule has 0 aromatic heterocycles. The summed E-state index contributed by atoms with van der Waals surface area (Å²) in [7, 11) is 0. The molecule has 2 nitrogen and oxygen atoms in total. The van der Waals surface area contributed by atoms with Crippen molar-refractivity contribution in [3.05, 3.63) is 34.3 Å². The van der Waals surface area contributed by atoms with E-state index in [1.54, 1.807) is 0 Å². The molecule has 3 N–H and O–H groups in total. The maximum Gasteiger partial charge on any atom is 0.0463 e. The first kappa shape index (κ1) is 14.5. The molecule has 0 aliphatic carbocycles. The first-order valence-corrected chi connectivity index (χ1v) is 6.79. The highest BCUT2D eigenvalue weighted by atomic mass is 35.5. The minimum absolute atomic E-state index is 0.213. The number of nitrogens with two attached hydrogens (primary N) is 1. The Kier molecular flexibility index (Phi) is 6.56. The van der Waals surface area contributed by atoms with Crippen LogP contribution in [0.25, 0.3) is 0 Å². The second-order valence-corrected chi connectivity index (χ2v) is 4.93. The Morgan fingerprint density at radius 3 is 2.71 bits per heavy atom. The number of unbranched alkanes of at least 4 members (excludes halogenated alkanes) is 3. The van der Waals surface area contributed by atoms with Crippen LogP contribution in [-0.4, -0.2) is 0 Å². The van der Waals surface area contributed by atoms with Crippen molar-refractivity contribution in [2.75, 3.05) is 0 Å². The van der Waals surface area contributed by atoms with E-state index in [2.05, 4.69) is 18.4 Å². The molecule has 0 radical (unpaired) electrons. The maximum atomic E-state index is 6.13. The van der Waals surface area contributed by atoms with Gasteiger partial charge in [0.2, 0.25) is 0 Å². The molecule has 0 saturated heterocycles. The molecule has 0 heterocycles. The number of hydrogen-bond acceptors (Lipinski definition) is 2. The van der Waals surface area contributed by atoms with Crippen LogP contribution in [0.5, 0.6) is 0 Å². The quantitative estimate of drug-likeness (QED) is 0.436. The highest BCUT2D eigenvalue weighted by molar-refractivity contribution is 6.31. The van der Waals surface area contributed by atoms with Crippen molar-refractivity contribution in [3.63, 3.8) is 0 Å². The summed E-state index contributed by atoms with van der Waals surface area (Å²) >= 11 is 6.13. The number of rotatable bonds is 7. The smallest absolute Gasteiger partial charge is 0.0463 e. The summed E-state index contributed by atoms with van der Waals surface area (Å²) in [6.45, 7) is 4.27. The molecule has 96 valence electrons. The van der Waals surface area contributed by atoms with E-state index in [0.717, 1.165) is 17.0 Å². The van der Waals surface area contributed by atoms with Crippen molar-refractivity contribution in [1.29, 1.82) is 0 Å². The van der Waals surface area contributed by atoms with Crippen molar-refractivity contribution in [2.45, 2.75) is 52.0 Å². The Hall–Kier alpha value is -0.570. The van der Waals surface area contributed by atoms with E-state index >= 15 is 0 Å². The number of hydrazine groups is 1. The van der Waals surface area contributed by atoms with Gasteiger partial charge in [0, 0.05) is 11.1 Å². The molecular weight excluding hydrogens is 232 g/mol. The van der Waals surface area contributed by atoms with Gasteiger partial charge in [-0.25, -0.2) is 0 Å². The first-order chi connectivity index (χ1) is 8.20. The molecule has 0 bridgehead atoms. The van der Waals surface area contributed by atoms with Crippen molar-refractivity contribution < 1.29 is 0 Å². The highest BCUT2D eigenvalue weighted by Crippen LogP contribution is 2.27. The lowest BCUT2D eigenvalue weighted by Crippen LogP contribution is -2.28. The van der Waals surface area contributed by atoms with Crippen molar-refractivity contribution in [2.24, 2.45) is 5.84 Å². The third-order valence-electron chi connectivity index (χ3n) is 3.23. The molecule has 0 aliphatic rings. The Morgan fingerprint density at radius 2 is 2.06 bits per heavy atom. The fourth-order valence-electron chi connectivity index (χ4n) is 2.11. The van der Waals surface area contributed by atoms with Crippen LogP contribution in [0.1, 0.15) is 56.2 Å². The second-order valence-electron chi connectivity index (χ2n) is 4.52. The average Bonchev–Trinajstić information content (AvgIpc) is 2.34. The van der Waals surface area contributed by atoms with Crippen LogP contribution in [0, 0.1) is 6.92 Å². The Bertz CT molecular complexity index is 339. The SMILES string of the molecule is CCCCCCC(NN)c1cccc(Cl)c1C. The fraction of sp³-hybridized carbons (Fsp3) is 0.571. The third kappa shape index (κ3) is 4.30. The summed E-state index contributed by atoms with van der Waals surface area (Å²) in [6.07, 6.45) is 6.10. The van der Waals surface area contributed by atoms with Crippen LogP contribution in [0.15, 0.2) is 18.2 Å². The lowest BCUT2D eigenvalue weighted by atomic mass is 9.97. The maximum absolute atomic E-state index is 6.13. The number of benzene rings is 1. The Balaban J connectivity index is 2.63. The molecule has 0 spiro atoms. The molecule has 1 unspecified atom stereocenters. The van der Waals surface area contributed by atoms with Gasteiger partial charge in [0.05, 0.1) is 0 Å². The summed E-state index contributed by atoms with van der Waals surface area (Å²) in [5.74, 6) is 5.65. The Labute approximate surface area is 110 Å². The van der Waals surface area contributed by atoms with E-state index in [1.165, 1.54) is 31.2 Å². The fourth-order valence-corrected chi connectivity index (χ4v) is 2.29. The zero-order chi connectivity index (χ0) is 12.7. The van der Waals surface area contributed by atoms with Crippen LogP contribution in [0.4, 0.5) is 0 Å². The largest absolute Gasteiger partial charge is 0.271 e. The summed E-state index contributed by atoms with van der Waals surface area (Å²) in [6, 6.07) is 6.23. The molecule has 1 aromatic carbocycles. The topological polar surface area (TPSA) is 38.0 Å². The minimum atomic E-state index is 0.213. The highest BCUT2D eigenvalue weighted by Gasteiger charge is 2.12. The number of nitrogens with one attached hydrogen (secondary N) is 1. The monoisotopic (exact) mass is 254 g/mol.